The molecule has 0 spiro atoms. The summed E-state index contributed by atoms with van der Waals surface area (Å²) in [7, 11) is 0. The zero-order valence-corrected chi connectivity index (χ0v) is 8.84. The highest BCUT2D eigenvalue weighted by Crippen LogP contribution is 2.42. The molecule has 1 rings (SSSR count). The Morgan fingerprint density at radius 3 is 1.88 bits per heavy atom. The van der Waals surface area contributed by atoms with E-state index >= 15 is 0 Å². The molecule has 0 bridgehead atoms. The maximum atomic E-state index is 12.6. The van der Waals surface area contributed by atoms with E-state index in [2.05, 4.69) is 0 Å². The molecule has 0 aromatic heterocycles. The highest BCUT2D eigenvalue weighted by molar-refractivity contribution is 6.17. The van der Waals surface area contributed by atoms with E-state index in [1.807, 2.05) is 0 Å². The van der Waals surface area contributed by atoms with Crippen LogP contribution in [-0.4, -0.2) is 0 Å². The minimum absolute atomic E-state index is 0.488. The quantitative estimate of drug-likeness (QED) is 0.468. The molecule has 0 saturated heterocycles. The lowest BCUT2D eigenvalue weighted by atomic mass is 9.99. The predicted molar refractivity (Wildman–Crippen MR) is 50.4 cm³/mol. The standard InChI is InChI=1S/C9H6ClF6N/c10-3-4-5(8(11,12)13)1-2-6(17)7(4)9(14,15)16/h1-2H,3,17H2. The second-order valence-corrected chi connectivity index (χ2v) is 3.45. The molecule has 2 N–H and O–H groups in total. The second-order valence-electron chi connectivity index (χ2n) is 3.19. The van der Waals surface area contributed by atoms with Gasteiger partial charge in [-0.3, -0.25) is 0 Å². The molecule has 0 radical (unpaired) electrons. The Morgan fingerprint density at radius 2 is 1.53 bits per heavy atom. The number of anilines is 1. The zero-order chi connectivity index (χ0) is 13.4. The Balaban J connectivity index is 3.60. The Morgan fingerprint density at radius 1 is 1.00 bits per heavy atom. The summed E-state index contributed by atoms with van der Waals surface area (Å²) in [5, 5.41) is 0. The van der Waals surface area contributed by atoms with Crippen molar-refractivity contribution in [3.05, 3.63) is 28.8 Å². The Labute approximate surface area is 97.2 Å². The highest BCUT2D eigenvalue weighted by Gasteiger charge is 2.41. The average Bonchev–Trinajstić information content (AvgIpc) is 2.12. The van der Waals surface area contributed by atoms with Crippen molar-refractivity contribution in [2.45, 2.75) is 18.2 Å². The number of halogens is 7. The van der Waals surface area contributed by atoms with E-state index in [-0.39, 0.29) is 0 Å². The van der Waals surface area contributed by atoms with Crippen LogP contribution >= 0.6 is 11.6 Å². The van der Waals surface area contributed by atoms with Crippen LogP contribution in [0.3, 0.4) is 0 Å². The lowest BCUT2D eigenvalue weighted by Crippen LogP contribution is -2.17. The van der Waals surface area contributed by atoms with E-state index in [1.165, 1.54) is 0 Å². The third-order valence-electron chi connectivity index (χ3n) is 2.07. The molecule has 0 saturated carbocycles. The van der Waals surface area contributed by atoms with Crippen LogP contribution in [0, 0.1) is 0 Å². The van der Waals surface area contributed by atoms with Crippen LogP contribution < -0.4 is 5.73 Å². The van der Waals surface area contributed by atoms with Gasteiger partial charge in [0.2, 0.25) is 0 Å². The summed E-state index contributed by atoms with van der Waals surface area (Å²) in [5.74, 6) is -0.922. The third kappa shape index (κ3) is 2.77. The summed E-state index contributed by atoms with van der Waals surface area (Å²) in [6, 6.07) is 1.06. The summed E-state index contributed by atoms with van der Waals surface area (Å²) in [5.41, 5.74) is 0.275. The van der Waals surface area contributed by atoms with Gasteiger partial charge in [-0.25, -0.2) is 0 Å². The van der Waals surface area contributed by atoms with Crippen LogP contribution in [0.1, 0.15) is 16.7 Å². The lowest BCUT2D eigenvalue weighted by Gasteiger charge is -2.18. The summed E-state index contributed by atoms with van der Waals surface area (Å²) in [6.45, 7) is 0. The molecule has 96 valence electrons. The van der Waals surface area contributed by atoms with Crippen molar-refractivity contribution in [2.75, 3.05) is 5.73 Å². The van der Waals surface area contributed by atoms with Crippen molar-refractivity contribution >= 4 is 17.3 Å². The zero-order valence-electron chi connectivity index (χ0n) is 8.08. The van der Waals surface area contributed by atoms with Gasteiger partial charge in [-0.1, -0.05) is 0 Å². The smallest absolute Gasteiger partial charge is 0.398 e. The topological polar surface area (TPSA) is 26.0 Å². The predicted octanol–water partition coefficient (Wildman–Crippen LogP) is 4.05. The third-order valence-corrected chi connectivity index (χ3v) is 2.33. The summed E-state index contributed by atoms with van der Waals surface area (Å²) < 4.78 is 75.1. The number of rotatable bonds is 1. The normalized spacial score (nSPS) is 12.9. The molecule has 0 amide bonds. The lowest BCUT2D eigenvalue weighted by molar-refractivity contribution is -0.143. The Bertz CT molecular complexity index is 423. The van der Waals surface area contributed by atoms with Gasteiger partial charge in [0.25, 0.3) is 0 Å². The van der Waals surface area contributed by atoms with Gasteiger partial charge in [-0.15, -0.1) is 11.6 Å². The van der Waals surface area contributed by atoms with E-state index in [4.69, 9.17) is 17.3 Å². The maximum Gasteiger partial charge on any atom is 0.418 e. The molecule has 0 heterocycles. The molecule has 1 aromatic rings. The maximum absolute atomic E-state index is 12.6. The first kappa shape index (κ1) is 14.0. The largest absolute Gasteiger partial charge is 0.418 e. The first-order valence-electron chi connectivity index (χ1n) is 4.20. The van der Waals surface area contributed by atoms with Crippen LogP contribution in [0.2, 0.25) is 0 Å². The minimum atomic E-state index is -4.98. The van der Waals surface area contributed by atoms with E-state index < -0.39 is 40.6 Å². The van der Waals surface area contributed by atoms with Gasteiger partial charge in [-0.05, 0) is 17.7 Å². The van der Waals surface area contributed by atoms with Crippen LogP contribution in [0.5, 0.6) is 0 Å². The molecule has 0 unspecified atom stereocenters. The van der Waals surface area contributed by atoms with Crippen molar-refractivity contribution in [3.63, 3.8) is 0 Å². The number of hydrogen-bond donors (Lipinski definition) is 1. The summed E-state index contributed by atoms with van der Waals surface area (Å²) in [4.78, 5) is 0. The molecule has 0 aliphatic carbocycles. The molecule has 0 aliphatic rings. The van der Waals surface area contributed by atoms with Gasteiger partial charge in [0, 0.05) is 11.6 Å². The van der Waals surface area contributed by atoms with Crippen LogP contribution in [0.4, 0.5) is 32.0 Å². The van der Waals surface area contributed by atoms with Crippen LogP contribution in [0.15, 0.2) is 12.1 Å². The van der Waals surface area contributed by atoms with E-state index in [0.717, 1.165) is 0 Å². The molecule has 8 heteroatoms. The van der Waals surface area contributed by atoms with Gasteiger partial charge >= 0.3 is 12.4 Å². The first-order chi connectivity index (χ1) is 7.59. The van der Waals surface area contributed by atoms with Crippen LogP contribution in [-0.2, 0) is 18.2 Å². The van der Waals surface area contributed by atoms with E-state index in [9.17, 15) is 26.3 Å². The van der Waals surface area contributed by atoms with Crippen molar-refractivity contribution in [3.8, 4) is 0 Å². The molecule has 0 aliphatic heterocycles. The number of nitrogens with two attached hydrogens (primary N) is 1. The second kappa shape index (κ2) is 4.29. The summed E-state index contributed by atoms with van der Waals surface area (Å²) in [6.07, 6.45) is -9.88. The molecule has 0 atom stereocenters. The SMILES string of the molecule is Nc1ccc(C(F)(F)F)c(CCl)c1C(F)(F)F. The fourth-order valence-corrected chi connectivity index (χ4v) is 1.68. The van der Waals surface area contributed by atoms with Gasteiger partial charge in [-0.2, -0.15) is 26.3 Å². The van der Waals surface area contributed by atoms with Crippen molar-refractivity contribution in [1.29, 1.82) is 0 Å². The van der Waals surface area contributed by atoms with Gasteiger partial charge in [0.05, 0.1) is 11.1 Å². The Kier molecular flexibility index (Phi) is 3.52. The monoisotopic (exact) mass is 277 g/mol. The average molecular weight is 278 g/mol. The van der Waals surface area contributed by atoms with Gasteiger partial charge < -0.3 is 5.73 Å². The van der Waals surface area contributed by atoms with Crippen LogP contribution in [0.25, 0.3) is 0 Å². The molecule has 1 aromatic carbocycles. The van der Waals surface area contributed by atoms with Crippen molar-refractivity contribution in [2.24, 2.45) is 0 Å². The fraction of sp³-hybridized carbons (Fsp3) is 0.333. The molecular formula is C9H6ClF6N. The van der Waals surface area contributed by atoms with Crippen molar-refractivity contribution in [1.82, 2.24) is 0 Å². The molecular weight excluding hydrogens is 272 g/mol. The molecule has 1 nitrogen and oxygen atoms in total. The summed E-state index contributed by atoms with van der Waals surface area (Å²) >= 11 is 5.17. The number of alkyl halides is 7. The number of hydrogen-bond acceptors (Lipinski definition) is 1. The first-order valence-corrected chi connectivity index (χ1v) is 4.74. The van der Waals surface area contributed by atoms with E-state index in [0.29, 0.717) is 12.1 Å². The van der Waals surface area contributed by atoms with Gasteiger partial charge in [0.1, 0.15) is 0 Å². The number of benzene rings is 1. The molecule has 17 heavy (non-hydrogen) atoms. The highest BCUT2D eigenvalue weighted by atomic mass is 35.5. The van der Waals surface area contributed by atoms with Gasteiger partial charge in [0.15, 0.2) is 0 Å². The fourth-order valence-electron chi connectivity index (χ4n) is 1.41. The molecule has 0 fully saturated rings. The Hall–Kier alpha value is -1.11. The minimum Gasteiger partial charge on any atom is -0.398 e. The van der Waals surface area contributed by atoms with E-state index in [1.54, 1.807) is 0 Å². The number of nitrogen functional groups attached to an aromatic ring is 1. The van der Waals surface area contributed by atoms with Crippen molar-refractivity contribution < 1.29 is 26.3 Å².